The van der Waals surface area contributed by atoms with Crippen molar-refractivity contribution in [1.29, 1.82) is 0 Å². The summed E-state index contributed by atoms with van der Waals surface area (Å²) in [5, 5.41) is 11.4. The van der Waals surface area contributed by atoms with Gasteiger partial charge in [-0.25, -0.2) is 4.98 Å². The molecule has 0 saturated heterocycles. The average Bonchev–Trinajstić information content (AvgIpc) is 2.30. The third kappa shape index (κ3) is 4.06. The van der Waals surface area contributed by atoms with Crippen molar-refractivity contribution >= 4 is 11.3 Å². The first-order valence-corrected chi connectivity index (χ1v) is 4.90. The Morgan fingerprint density at radius 2 is 2.21 bits per heavy atom. The minimum atomic E-state index is -4.31. The third-order valence-corrected chi connectivity index (χ3v) is 2.53. The van der Waals surface area contributed by atoms with Gasteiger partial charge in [0.25, 0.3) is 0 Å². The summed E-state index contributed by atoms with van der Waals surface area (Å²) < 4.78 is 35.5. The van der Waals surface area contributed by atoms with Crippen LogP contribution in [0.1, 0.15) is 17.1 Å². The Morgan fingerprint density at radius 3 is 2.64 bits per heavy atom. The van der Waals surface area contributed by atoms with Crippen LogP contribution >= 0.6 is 11.3 Å². The number of halogens is 3. The van der Waals surface area contributed by atoms with Crippen LogP contribution in [0.5, 0.6) is 0 Å². The summed E-state index contributed by atoms with van der Waals surface area (Å²) in [5.74, 6) is 0. The van der Waals surface area contributed by atoms with Gasteiger partial charge in [-0.05, 0) is 6.92 Å². The smallest absolute Gasteiger partial charge is 0.391 e. The molecule has 80 valence electrons. The van der Waals surface area contributed by atoms with Crippen LogP contribution in [0.3, 0.4) is 0 Å². The molecule has 2 nitrogen and oxygen atoms in total. The van der Waals surface area contributed by atoms with Crippen molar-refractivity contribution in [1.82, 2.24) is 4.98 Å². The van der Waals surface area contributed by atoms with E-state index in [1.54, 1.807) is 12.3 Å². The molecule has 1 atom stereocenters. The van der Waals surface area contributed by atoms with Crippen LogP contribution in [-0.4, -0.2) is 22.4 Å². The summed E-state index contributed by atoms with van der Waals surface area (Å²) in [4.78, 5) is 3.97. The largest absolute Gasteiger partial charge is 0.392 e. The van der Waals surface area contributed by atoms with E-state index >= 15 is 0 Å². The monoisotopic (exact) mass is 225 g/mol. The van der Waals surface area contributed by atoms with Gasteiger partial charge in [0, 0.05) is 17.5 Å². The second kappa shape index (κ2) is 4.27. The Balaban J connectivity index is 2.45. The maximum Gasteiger partial charge on any atom is 0.391 e. The van der Waals surface area contributed by atoms with E-state index in [-0.39, 0.29) is 6.42 Å². The number of nitrogens with zero attached hydrogens (tertiary/aromatic N) is 1. The molecule has 0 amide bonds. The van der Waals surface area contributed by atoms with Gasteiger partial charge in [0.2, 0.25) is 0 Å². The molecule has 0 aromatic carbocycles. The molecular weight excluding hydrogens is 215 g/mol. The summed E-state index contributed by atoms with van der Waals surface area (Å²) in [6, 6.07) is 0. The number of aliphatic hydroxyl groups excluding tert-OH is 1. The van der Waals surface area contributed by atoms with Crippen LogP contribution < -0.4 is 0 Å². The highest BCUT2D eigenvalue weighted by Crippen LogP contribution is 2.23. The number of thiazole rings is 1. The van der Waals surface area contributed by atoms with E-state index in [4.69, 9.17) is 5.11 Å². The third-order valence-electron chi connectivity index (χ3n) is 1.54. The maximum atomic E-state index is 11.8. The van der Waals surface area contributed by atoms with Crippen molar-refractivity contribution in [2.45, 2.75) is 32.0 Å². The van der Waals surface area contributed by atoms with Crippen molar-refractivity contribution in [3.63, 3.8) is 0 Å². The number of alkyl halides is 3. The van der Waals surface area contributed by atoms with Gasteiger partial charge in [0.05, 0.1) is 17.5 Å². The highest BCUT2D eigenvalue weighted by Gasteiger charge is 2.31. The number of aryl methyl sites for hydroxylation is 1. The number of rotatable bonds is 3. The Labute approximate surface area is 83.4 Å². The molecule has 1 unspecified atom stereocenters. The van der Waals surface area contributed by atoms with Gasteiger partial charge >= 0.3 is 6.18 Å². The number of hydrogen-bond donors (Lipinski definition) is 1. The second-order valence-electron chi connectivity index (χ2n) is 3.06. The molecule has 0 spiro atoms. The van der Waals surface area contributed by atoms with E-state index < -0.39 is 18.7 Å². The van der Waals surface area contributed by atoms with E-state index in [9.17, 15) is 13.2 Å². The molecule has 1 heterocycles. The van der Waals surface area contributed by atoms with Crippen molar-refractivity contribution in [2.75, 3.05) is 0 Å². The van der Waals surface area contributed by atoms with Crippen LogP contribution in [-0.2, 0) is 6.42 Å². The lowest BCUT2D eigenvalue weighted by Gasteiger charge is -2.11. The zero-order valence-corrected chi connectivity index (χ0v) is 8.32. The van der Waals surface area contributed by atoms with Gasteiger partial charge in [0.15, 0.2) is 0 Å². The van der Waals surface area contributed by atoms with E-state index in [0.29, 0.717) is 5.01 Å². The van der Waals surface area contributed by atoms with Gasteiger partial charge in [0.1, 0.15) is 0 Å². The second-order valence-corrected chi connectivity index (χ2v) is 4.00. The molecule has 6 heteroatoms. The molecular formula is C8H10F3NOS. The summed E-state index contributed by atoms with van der Waals surface area (Å²) in [5.41, 5.74) is 0.768. The highest BCUT2D eigenvalue weighted by molar-refractivity contribution is 7.09. The minimum absolute atomic E-state index is 0.0297. The first kappa shape index (κ1) is 11.5. The lowest BCUT2D eigenvalue weighted by atomic mass is 10.2. The SMILES string of the molecule is Cc1csc(CC(O)CC(F)(F)F)n1. The van der Waals surface area contributed by atoms with Gasteiger partial charge in [-0.15, -0.1) is 11.3 Å². The molecule has 0 radical (unpaired) electrons. The molecule has 0 saturated carbocycles. The van der Waals surface area contributed by atoms with Gasteiger partial charge < -0.3 is 5.11 Å². The van der Waals surface area contributed by atoms with Crippen LogP contribution in [0, 0.1) is 6.92 Å². The molecule has 0 fully saturated rings. The van der Waals surface area contributed by atoms with Gasteiger partial charge in [-0.1, -0.05) is 0 Å². The molecule has 1 N–H and O–H groups in total. The topological polar surface area (TPSA) is 33.1 Å². The first-order valence-electron chi connectivity index (χ1n) is 4.02. The fraction of sp³-hybridized carbons (Fsp3) is 0.625. The van der Waals surface area contributed by atoms with Crippen molar-refractivity contribution in [2.24, 2.45) is 0 Å². The number of aromatic nitrogens is 1. The minimum Gasteiger partial charge on any atom is -0.392 e. The van der Waals surface area contributed by atoms with Crippen LogP contribution in [0.15, 0.2) is 5.38 Å². The molecule has 0 aliphatic heterocycles. The molecule has 1 aromatic heterocycles. The Morgan fingerprint density at radius 1 is 1.57 bits per heavy atom. The molecule has 0 aliphatic rings. The molecule has 1 aromatic rings. The molecule has 0 aliphatic carbocycles. The normalized spacial score (nSPS) is 14.4. The molecule has 1 rings (SSSR count). The van der Waals surface area contributed by atoms with Crippen LogP contribution in [0.2, 0.25) is 0 Å². The number of aliphatic hydroxyl groups is 1. The van der Waals surface area contributed by atoms with Gasteiger partial charge in [-0.3, -0.25) is 0 Å². The van der Waals surface area contributed by atoms with Gasteiger partial charge in [-0.2, -0.15) is 13.2 Å². The van der Waals surface area contributed by atoms with Crippen LogP contribution in [0.25, 0.3) is 0 Å². The summed E-state index contributed by atoms with van der Waals surface area (Å²) in [6.07, 6.45) is -6.91. The lowest BCUT2D eigenvalue weighted by Crippen LogP contribution is -2.21. The molecule has 14 heavy (non-hydrogen) atoms. The summed E-state index contributed by atoms with van der Waals surface area (Å²) in [6.45, 7) is 1.76. The fourth-order valence-electron chi connectivity index (χ4n) is 1.04. The Bertz CT molecular complexity index is 297. The van der Waals surface area contributed by atoms with Crippen molar-refractivity contribution < 1.29 is 18.3 Å². The Hall–Kier alpha value is -0.620. The predicted molar refractivity (Wildman–Crippen MR) is 47.2 cm³/mol. The van der Waals surface area contributed by atoms with Crippen molar-refractivity contribution in [3.8, 4) is 0 Å². The zero-order chi connectivity index (χ0) is 10.8. The first-order chi connectivity index (χ1) is 6.37. The van der Waals surface area contributed by atoms with Crippen molar-refractivity contribution in [3.05, 3.63) is 16.1 Å². The maximum absolute atomic E-state index is 11.8. The van der Waals surface area contributed by atoms with Crippen LogP contribution in [0.4, 0.5) is 13.2 Å². The van der Waals surface area contributed by atoms with E-state index in [1.165, 1.54) is 11.3 Å². The van der Waals surface area contributed by atoms with E-state index in [0.717, 1.165) is 5.69 Å². The zero-order valence-electron chi connectivity index (χ0n) is 7.51. The van der Waals surface area contributed by atoms with E-state index in [1.807, 2.05) is 0 Å². The van der Waals surface area contributed by atoms with E-state index in [2.05, 4.69) is 4.98 Å². The quantitative estimate of drug-likeness (QED) is 0.856. The predicted octanol–water partition coefficient (Wildman–Crippen LogP) is 2.31. The summed E-state index contributed by atoms with van der Waals surface area (Å²) >= 11 is 1.27. The number of hydrogen-bond acceptors (Lipinski definition) is 3. The molecule has 0 bridgehead atoms. The average molecular weight is 225 g/mol. The highest BCUT2D eigenvalue weighted by atomic mass is 32.1. The lowest BCUT2D eigenvalue weighted by molar-refractivity contribution is -0.153. The standard InChI is InChI=1S/C8H10F3NOS/c1-5-4-14-7(12-5)2-6(13)3-8(9,10)11/h4,6,13H,2-3H2,1H3. The fourth-order valence-corrected chi connectivity index (χ4v) is 1.88. The Kier molecular flexibility index (Phi) is 3.49. The summed E-state index contributed by atoms with van der Waals surface area (Å²) in [7, 11) is 0.